The van der Waals surface area contributed by atoms with Gasteiger partial charge in [0.05, 0.1) is 12.8 Å². The van der Waals surface area contributed by atoms with Gasteiger partial charge in [0.25, 0.3) is 0 Å². The lowest BCUT2D eigenvalue weighted by atomic mass is 10.1. The maximum absolute atomic E-state index is 11.8. The van der Waals surface area contributed by atoms with E-state index < -0.39 is 6.03 Å². The van der Waals surface area contributed by atoms with Crippen molar-refractivity contribution < 1.29 is 14.3 Å². The van der Waals surface area contributed by atoms with E-state index in [-0.39, 0.29) is 5.91 Å². The van der Waals surface area contributed by atoms with Gasteiger partial charge in [-0.15, -0.1) is 0 Å². The number of carbonyl (C=O) groups is 2. The van der Waals surface area contributed by atoms with Crippen molar-refractivity contribution in [2.45, 2.75) is 19.8 Å². The summed E-state index contributed by atoms with van der Waals surface area (Å²) in [4.78, 5) is 24.5. The number of carbonyl (C=O) groups excluding carboxylic acids is 2. The van der Waals surface area contributed by atoms with Gasteiger partial charge in [-0.1, -0.05) is 13.0 Å². The lowest BCUT2D eigenvalue weighted by Gasteiger charge is -2.28. The summed E-state index contributed by atoms with van der Waals surface area (Å²) < 4.78 is 5.27. The van der Waals surface area contributed by atoms with E-state index in [1.165, 1.54) is 0 Å². The number of nitrogens with one attached hydrogen (secondary N) is 1. The number of urea groups is 1. The van der Waals surface area contributed by atoms with Crippen LogP contribution in [-0.4, -0.2) is 25.6 Å². The highest BCUT2D eigenvalue weighted by Crippen LogP contribution is 2.30. The second-order valence-electron chi connectivity index (χ2n) is 4.11. The van der Waals surface area contributed by atoms with Gasteiger partial charge in [-0.3, -0.25) is 15.0 Å². The molecular formula is C13H16N2O3. The Hall–Kier alpha value is -2.04. The molecule has 1 aliphatic rings. The highest BCUT2D eigenvalue weighted by atomic mass is 16.5. The van der Waals surface area contributed by atoms with Gasteiger partial charge >= 0.3 is 6.03 Å². The fraction of sp³-hybridized carbons (Fsp3) is 0.385. The van der Waals surface area contributed by atoms with E-state index in [1.807, 2.05) is 25.1 Å². The Labute approximate surface area is 106 Å². The molecule has 5 nitrogen and oxygen atoms in total. The van der Waals surface area contributed by atoms with Crippen LogP contribution in [-0.2, 0) is 11.2 Å². The molecule has 0 atom stereocenters. The molecule has 0 unspecified atom stereocenters. The number of hydrogen-bond donors (Lipinski definition) is 1. The van der Waals surface area contributed by atoms with E-state index in [2.05, 4.69) is 5.32 Å². The van der Waals surface area contributed by atoms with E-state index in [0.717, 1.165) is 12.0 Å². The smallest absolute Gasteiger partial charge is 0.328 e. The van der Waals surface area contributed by atoms with Crippen LogP contribution >= 0.6 is 0 Å². The predicted octanol–water partition coefficient (Wildman–Crippen LogP) is 1.70. The maximum Gasteiger partial charge on any atom is 0.328 e. The first-order valence-corrected chi connectivity index (χ1v) is 5.94. The summed E-state index contributed by atoms with van der Waals surface area (Å²) >= 11 is 0. The molecule has 2 rings (SSSR count). The molecule has 1 saturated heterocycles. The van der Waals surface area contributed by atoms with Gasteiger partial charge in [-0.25, -0.2) is 4.79 Å². The van der Waals surface area contributed by atoms with Crippen LogP contribution in [0.2, 0.25) is 0 Å². The molecule has 0 saturated carbocycles. The number of imide groups is 1. The van der Waals surface area contributed by atoms with Crippen molar-refractivity contribution in [3.8, 4) is 5.75 Å². The average Bonchev–Trinajstić information content (AvgIpc) is 2.38. The Morgan fingerprint density at radius 3 is 2.78 bits per heavy atom. The third kappa shape index (κ3) is 2.30. The monoisotopic (exact) mass is 248 g/mol. The Morgan fingerprint density at radius 1 is 1.39 bits per heavy atom. The zero-order valence-corrected chi connectivity index (χ0v) is 10.5. The maximum atomic E-state index is 11.8. The van der Waals surface area contributed by atoms with Gasteiger partial charge in [-0.05, 0) is 24.1 Å². The summed E-state index contributed by atoms with van der Waals surface area (Å²) in [5.74, 6) is 0.401. The van der Waals surface area contributed by atoms with Crippen LogP contribution in [0.15, 0.2) is 18.2 Å². The normalized spacial score (nSPS) is 15.6. The number of aryl methyl sites for hydroxylation is 1. The molecule has 5 heteroatoms. The van der Waals surface area contributed by atoms with Crippen molar-refractivity contribution in [2.24, 2.45) is 0 Å². The second kappa shape index (κ2) is 5.08. The Kier molecular flexibility index (Phi) is 3.50. The van der Waals surface area contributed by atoms with Crippen molar-refractivity contribution in [2.75, 3.05) is 18.6 Å². The van der Waals surface area contributed by atoms with Crippen LogP contribution in [0, 0.1) is 0 Å². The van der Waals surface area contributed by atoms with Gasteiger partial charge in [0.2, 0.25) is 5.91 Å². The lowest BCUT2D eigenvalue weighted by Crippen LogP contribution is -2.49. The first-order valence-electron chi connectivity index (χ1n) is 5.94. The molecule has 1 aliphatic heterocycles. The quantitative estimate of drug-likeness (QED) is 0.885. The van der Waals surface area contributed by atoms with Crippen LogP contribution in [0.3, 0.4) is 0 Å². The van der Waals surface area contributed by atoms with Gasteiger partial charge in [0, 0.05) is 13.0 Å². The summed E-state index contributed by atoms with van der Waals surface area (Å²) in [5.41, 5.74) is 1.83. The van der Waals surface area contributed by atoms with Crippen LogP contribution < -0.4 is 15.0 Å². The molecular weight excluding hydrogens is 232 g/mol. The highest BCUT2D eigenvalue weighted by molar-refractivity contribution is 6.06. The van der Waals surface area contributed by atoms with Crippen LogP contribution in [0.25, 0.3) is 0 Å². The minimum Gasteiger partial charge on any atom is -0.495 e. The predicted molar refractivity (Wildman–Crippen MR) is 67.9 cm³/mol. The van der Waals surface area contributed by atoms with Crippen molar-refractivity contribution in [3.63, 3.8) is 0 Å². The van der Waals surface area contributed by atoms with Gasteiger partial charge in [-0.2, -0.15) is 0 Å². The van der Waals surface area contributed by atoms with Crippen molar-refractivity contribution >= 4 is 17.6 Å². The summed E-state index contributed by atoms with van der Waals surface area (Å²) in [5, 5.41) is 2.31. The fourth-order valence-electron chi connectivity index (χ4n) is 1.96. The first-order chi connectivity index (χ1) is 8.65. The molecule has 0 spiro atoms. The molecule has 0 aliphatic carbocycles. The van der Waals surface area contributed by atoms with Crippen LogP contribution in [0.1, 0.15) is 18.9 Å². The van der Waals surface area contributed by atoms with E-state index in [9.17, 15) is 9.59 Å². The molecule has 0 radical (unpaired) electrons. The number of methoxy groups -OCH3 is 1. The number of ether oxygens (including phenoxy) is 1. The number of amides is 3. The standard InChI is InChI=1S/C13H16N2O3/c1-3-9-4-5-11(18-2)10(8-9)15-7-6-12(16)14-13(15)17/h4-5,8H,3,6-7H2,1-2H3,(H,14,16,17). The SMILES string of the molecule is CCc1ccc(OC)c(N2CCC(=O)NC2=O)c1. The molecule has 0 aromatic heterocycles. The molecule has 3 amide bonds. The molecule has 96 valence electrons. The van der Waals surface area contributed by atoms with Crippen molar-refractivity contribution in [3.05, 3.63) is 23.8 Å². The van der Waals surface area contributed by atoms with E-state index >= 15 is 0 Å². The second-order valence-corrected chi connectivity index (χ2v) is 4.11. The summed E-state index contributed by atoms with van der Waals surface area (Å²) in [6.07, 6.45) is 1.19. The zero-order chi connectivity index (χ0) is 13.1. The Balaban J connectivity index is 2.36. The molecule has 0 bridgehead atoms. The van der Waals surface area contributed by atoms with E-state index in [1.54, 1.807) is 12.0 Å². The lowest BCUT2D eigenvalue weighted by molar-refractivity contribution is -0.120. The molecule has 1 aromatic rings. The number of anilines is 1. The molecule has 1 aromatic carbocycles. The largest absolute Gasteiger partial charge is 0.495 e. The molecule has 1 heterocycles. The van der Waals surface area contributed by atoms with Crippen LogP contribution in [0.5, 0.6) is 5.75 Å². The summed E-state index contributed by atoms with van der Waals surface area (Å²) in [6, 6.07) is 5.35. The van der Waals surface area contributed by atoms with Gasteiger partial charge in [0.1, 0.15) is 5.75 Å². The molecule has 18 heavy (non-hydrogen) atoms. The third-order valence-electron chi connectivity index (χ3n) is 3.00. The summed E-state index contributed by atoms with van der Waals surface area (Å²) in [6.45, 7) is 2.43. The van der Waals surface area contributed by atoms with Crippen molar-refractivity contribution in [1.82, 2.24) is 5.32 Å². The average molecular weight is 248 g/mol. The molecule has 1 fully saturated rings. The Bertz CT molecular complexity index is 485. The van der Waals surface area contributed by atoms with Crippen molar-refractivity contribution in [1.29, 1.82) is 0 Å². The number of benzene rings is 1. The fourth-order valence-corrected chi connectivity index (χ4v) is 1.96. The van der Waals surface area contributed by atoms with Gasteiger partial charge in [0.15, 0.2) is 0 Å². The third-order valence-corrected chi connectivity index (χ3v) is 3.00. The number of nitrogens with zero attached hydrogens (tertiary/aromatic N) is 1. The minimum atomic E-state index is -0.391. The van der Waals surface area contributed by atoms with E-state index in [0.29, 0.717) is 24.4 Å². The number of rotatable bonds is 3. The Morgan fingerprint density at radius 2 is 2.17 bits per heavy atom. The minimum absolute atomic E-state index is 0.234. The first kappa shape index (κ1) is 12.4. The van der Waals surface area contributed by atoms with Gasteiger partial charge < -0.3 is 4.74 Å². The number of hydrogen-bond acceptors (Lipinski definition) is 3. The van der Waals surface area contributed by atoms with Crippen LogP contribution in [0.4, 0.5) is 10.5 Å². The zero-order valence-electron chi connectivity index (χ0n) is 10.5. The summed E-state index contributed by atoms with van der Waals surface area (Å²) in [7, 11) is 1.57. The highest BCUT2D eigenvalue weighted by Gasteiger charge is 2.26. The molecule has 1 N–H and O–H groups in total. The van der Waals surface area contributed by atoms with E-state index in [4.69, 9.17) is 4.74 Å². The topological polar surface area (TPSA) is 58.6 Å².